The Kier molecular flexibility index (Phi) is 5.77. The number of fused-ring (bicyclic) bond motifs is 1. The number of benzene rings is 1. The average Bonchev–Trinajstić information content (AvgIpc) is 3.13. The summed E-state index contributed by atoms with van der Waals surface area (Å²) >= 11 is 0. The number of hydrogen-bond donors (Lipinski definition) is 0. The first-order valence-electron chi connectivity index (χ1n) is 10.4. The van der Waals surface area contributed by atoms with Crippen molar-refractivity contribution in [3.63, 3.8) is 0 Å². The van der Waals surface area contributed by atoms with E-state index < -0.39 is 0 Å². The predicted octanol–water partition coefficient (Wildman–Crippen LogP) is 5.25. The number of piperidine rings is 1. The Morgan fingerprint density at radius 1 is 1.18 bits per heavy atom. The van der Waals surface area contributed by atoms with Crippen molar-refractivity contribution in [2.45, 2.75) is 32.6 Å². The number of methoxy groups -OCH3 is 1. The summed E-state index contributed by atoms with van der Waals surface area (Å²) in [6, 6.07) is 4.87. The highest BCUT2D eigenvalue weighted by atomic mass is 19.1. The monoisotopic (exact) mass is 380 g/mol. The van der Waals surface area contributed by atoms with Crippen LogP contribution < -0.4 is 4.74 Å². The fourth-order valence-corrected chi connectivity index (χ4v) is 4.23. The van der Waals surface area contributed by atoms with Crippen molar-refractivity contribution >= 4 is 11.3 Å². The van der Waals surface area contributed by atoms with Gasteiger partial charge >= 0.3 is 0 Å². The second-order valence-corrected chi connectivity index (χ2v) is 8.12. The number of aliphatic imine (C=N–C) groups is 1. The molecule has 1 saturated heterocycles. The van der Waals surface area contributed by atoms with E-state index >= 15 is 0 Å². The highest BCUT2D eigenvalue weighted by Gasteiger charge is 2.24. The summed E-state index contributed by atoms with van der Waals surface area (Å²) in [5.41, 5.74) is 3.49. The van der Waals surface area contributed by atoms with Crippen molar-refractivity contribution in [3.05, 3.63) is 59.6 Å². The summed E-state index contributed by atoms with van der Waals surface area (Å²) < 4.78 is 19.7. The van der Waals surface area contributed by atoms with Crippen LogP contribution in [-0.4, -0.2) is 37.4 Å². The molecule has 1 unspecified atom stereocenters. The molecule has 0 spiro atoms. The maximum atomic E-state index is 14.5. The lowest BCUT2D eigenvalue weighted by Crippen LogP contribution is -2.33. The van der Waals surface area contributed by atoms with E-state index in [-0.39, 0.29) is 11.7 Å². The molecule has 2 heterocycles. The van der Waals surface area contributed by atoms with Gasteiger partial charge in [0.1, 0.15) is 11.6 Å². The molecule has 0 radical (unpaired) electrons. The van der Waals surface area contributed by atoms with Crippen molar-refractivity contribution in [1.29, 1.82) is 0 Å². The molecule has 28 heavy (non-hydrogen) atoms. The number of likely N-dealkylation sites (tertiary alicyclic amines) is 1. The Hall–Kier alpha value is -2.20. The van der Waals surface area contributed by atoms with Crippen LogP contribution in [0.25, 0.3) is 5.57 Å². The standard InChI is InChI=1S/C24H29FN2O/c1-17-11-14-27(15-12-17)13-3-4-19-7-5-18-6-9-21(24(18)26-19)22-16-20(28-2)8-10-23(22)25/h5-10,16-18H,3-4,11-15H2,1-2H3. The molecule has 0 bridgehead atoms. The molecule has 1 atom stereocenters. The van der Waals surface area contributed by atoms with Crippen molar-refractivity contribution in [2.24, 2.45) is 16.8 Å². The quantitative estimate of drug-likeness (QED) is 0.673. The van der Waals surface area contributed by atoms with Crippen LogP contribution in [0.3, 0.4) is 0 Å². The number of allylic oxidation sites excluding steroid dienone is 4. The van der Waals surface area contributed by atoms with Crippen LogP contribution in [0.2, 0.25) is 0 Å². The lowest BCUT2D eigenvalue weighted by molar-refractivity contribution is 0.191. The van der Waals surface area contributed by atoms with Gasteiger partial charge in [0.2, 0.25) is 0 Å². The second-order valence-electron chi connectivity index (χ2n) is 8.12. The summed E-state index contributed by atoms with van der Waals surface area (Å²) in [4.78, 5) is 7.49. The molecular weight excluding hydrogens is 351 g/mol. The number of hydrogen-bond acceptors (Lipinski definition) is 3. The Labute approximate surface area is 167 Å². The van der Waals surface area contributed by atoms with Gasteiger partial charge in [0.05, 0.1) is 12.8 Å². The molecule has 4 heteroatoms. The van der Waals surface area contributed by atoms with Gasteiger partial charge in [-0.1, -0.05) is 25.2 Å². The Bertz CT molecular complexity index is 844. The van der Waals surface area contributed by atoms with Gasteiger partial charge < -0.3 is 9.64 Å². The van der Waals surface area contributed by atoms with Crippen molar-refractivity contribution in [2.75, 3.05) is 26.7 Å². The number of halogens is 1. The number of dihydropyridines is 1. The van der Waals surface area contributed by atoms with Crippen LogP contribution in [0.4, 0.5) is 4.39 Å². The topological polar surface area (TPSA) is 24.8 Å². The first kappa shape index (κ1) is 19.1. The Morgan fingerprint density at radius 3 is 2.75 bits per heavy atom. The molecular formula is C24H29FN2O. The van der Waals surface area contributed by atoms with Crippen LogP contribution in [0.5, 0.6) is 5.75 Å². The summed E-state index contributed by atoms with van der Waals surface area (Å²) in [5, 5.41) is 0. The molecule has 0 aromatic heterocycles. The highest BCUT2D eigenvalue weighted by molar-refractivity contribution is 5.98. The van der Waals surface area contributed by atoms with E-state index in [4.69, 9.17) is 9.73 Å². The maximum absolute atomic E-state index is 14.5. The van der Waals surface area contributed by atoms with E-state index in [1.54, 1.807) is 19.2 Å². The van der Waals surface area contributed by atoms with Gasteiger partial charge in [0.15, 0.2) is 0 Å². The number of ether oxygens (including phenoxy) is 1. The molecule has 148 valence electrons. The van der Waals surface area contributed by atoms with E-state index in [2.05, 4.69) is 30.1 Å². The van der Waals surface area contributed by atoms with Crippen molar-refractivity contribution in [1.82, 2.24) is 4.90 Å². The van der Waals surface area contributed by atoms with E-state index in [1.165, 1.54) is 32.0 Å². The van der Waals surface area contributed by atoms with Gasteiger partial charge in [-0.3, -0.25) is 4.99 Å². The molecule has 2 aliphatic heterocycles. The summed E-state index contributed by atoms with van der Waals surface area (Å²) in [6.45, 7) is 5.93. The van der Waals surface area contributed by atoms with E-state index in [1.807, 2.05) is 6.08 Å². The minimum Gasteiger partial charge on any atom is -0.497 e. The highest BCUT2D eigenvalue weighted by Crippen LogP contribution is 2.38. The van der Waals surface area contributed by atoms with Gasteiger partial charge in [0.25, 0.3) is 0 Å². The number of nitrogens with zero attached hydrogens (tertiary/aromatic N) is 2. The summed E-state index contributed by atoms with van der Waals surface area (Å²) in [5.74, 6) is 1.44. The van der Waals surface area contributed by atoms with Gasteiger partial charge in [-0.15, -0.1) is 0 Å². The largest absolute Gasteiger partial charge is 0.497 e. The predicted molar refractivity (Wildman–Crippen MR) is 113 cm³/mol. The summed E-state index contributed by atoms with van der Waals surface area (Å²) in [7, 11) is 1.60. The van der Waals surface area contributed by atoms with Crippen LogP contribution in [-0.2, 0) is 0 Å². The zero-order chi connectivity index (χ0) is 19.5. The fraction of sp³-hybridized carbons (Fsp3) is 0.458. The van der Waals surface area contributed by atoms with E-state index in [0.717, 1.165) is 42.3 Å². The fourth-order valence-electron chi connectivity index (χ4n) is 4.23. The van der Waals surface area contributed by atoms with Gasteiger partial charge in [-0.2, -0.15) is 0 Å². The van der Waals surface area contributed by atoms with E-state index in [0.29, 0.717) is 11.3 Å². The van der Waals surface area contributed by atoms with Gasteiger partial charge in [-0.05, 0) is 75.5 Å². The second kappa shape index (κ2) is 8.44. The molecule has 1 fully saturated rings. The third-order valence-electron chi connectivity index (χ3n) is 6.07. The molecule has 0 saturated carbocycles. The van der Waals surface area contributed by atoms with Crippen LogP contribution in [0, 0.1) is 17.7 Å². The molecule has 1 aliphatic carbocycles. The SMILES string of the molecule is COc1ccc(F)c(C2=C3N=C(CCCN4CCC(C)CC4)C=CC3C=C2)c1. The smallest absolute Gasteiger partial charge is 0.131 e. The zero-order valence-electron chi connectivity index (χ0n) is 16.8. The first-order chi connectivity index (χ1) is 13.6. The third-order valence-corrected chi connectivity index (χ3v) is 6.07. The minimum atomic E-state index is -0.237. The molecule has 3 aliphatic rings. The molecule has 0 N–H and O–H groups in total. The lowest BCUT2D eigenvalue weighted by atomic mass is 9.97. The Morgan fingerprint density at radius 2 is 1.96 bits per heavy atom. The molecule has 1 aromatic rings. The van der Waals surface area contributed by atoms with Crippen molar-refractivity contribution < 1.29 is 9.13 Å². The van der Waals surface area contributed by atoms with E-state index in [9.17, 15) is 4.39 Å². The van der Waals surface area contributed by atoms with Crippen LogP contribution in [0.15, 0.2) is 53.2 Å². The van der Waals surface area contributed by atoms with Crippen LogP contribution in [0.1, 0.15) is 38.2 Å². The zero-order valence-corrected chi connectivity index (χ0v) is 16.8. The summed E-state index contributed by atoms with van der Waals surface area (Å²) in [6.07, 6.45) is 13.1. The van der Waals surface area contributed by atoms with Gasteiger partial charge in [0, 0.05) is 22.8 Å². The van der Waals surface area contributed by atoms with Gasteiger partial charge in [-0.25, -0.2) is 4.39 Å². The number of rotatable bonds is 6. The third kappa shape index (κ3) is 4.12. The average molecular weight is 381 g/mol. The molecule has 1 aromatic carbocycles. The lowest BCUT2D eigenvalue weighted by Gasteiger charge is -2.30. The Balaban J connectivity index is 1.46. The maximum Gasteiger partial charge on any atom is 0.131 e. The first-order valence-corrected chi connectivity index (χ1v) is 10.4. The molecule has 4 rings (SSSR count). The minimum absolute atomic E-state index is 0.146. The van der Waals surface area contributed by atoms with Crippen molar-refractivity contribution in [3.8, 4) is 5.75 Å². The molecule has 0 amide bonds. The van der Waals surface area contributed by atoms with Crippen LogP contribution >= 0.6 is 0 Å². The normalized spacial score (nSPS) is 22.5. The molecule has 3 nitrogen and oxygen atoms in total.